The number of likely N-dealkylation sites (tertiary alicyclic amines) is 1. The minimum absolute atomic E-state index is 0.0961. The van der Waals surface area contributed by atoms with Crippen LogP contribution >= 0.6 is 0 Å². The molecule has 1 aliphatic rings. The Kier molecular flexibility index (Phi) is 8.74. The second-order valence-corrected chi connectivity index (χ2v) is 11.6. The Morgan fingerprint density at radius 3 is 2.21 bits per heavy atom. The molecule has 10 heteroatoms. The topological polar surface area (TPSA) is 105 Å². The molecule has 34 heavy (non-hydrogen) atoms. The lowest BCUT2D eigenvalue weighted by atomic mass is 9.92. The highest BCUT2D eigenvalue weighted by Crippen LogP contribution is 2.33. The Morgan fingerprint density at radius 2 is 1.71 bits per heavy atom. The summed E-state index contributed by atoms with van der Waals surface area (Å²) in [6.45, 7) is 13.2. The summed E-state index contributed by atoms with van der Waals surface area (Å²) in [5.41, 5.74) is 0.885. The van der Waals surface area contributed by atoms with Crippen molar-refractivity contribution in [1.82, 2.24) is 9.62 Å². The molecule has 1 fully saturated rings. The number of amides is 3. The third-order valence-electron chi connectivity index (χ3n) is 5.29. The Labute approximate surface area is 202 Å². The highest BCUT2D eigenvalue weighted by atomic mass is 32.2. The average molecular weight is 498 g/mol. The van der Waals surface area contributed by atoms with Gasteiger partial charge in [-0.2, -0.15) is 0 Å². The van der Waals surface area contributed by atoms with Crippen molar-refractivity contribution in [2.45, 2.75) is 84.8 Å². The Balaban J connectivity index is 2.15. The summed E-state index contributed by atoms with van der Waals surface area (Å²) in [4.78, 5) is 26.4. The highest BCUT2D eigenvalue weighted by Gasteiger charge is 2.31. The number of sulfonamides is 1. The first-order valence-corrected chi connectivity index (χ1v) is 13.0. The molecule has 0 unspecified atom stereocenters. The molecule has 1 heterocycles. The second kappa shape index (κ2) is 10.8. The number of benzene rings is 1. The van der Waals surface area contributed by atoms with Gasteiger partial charge in [-0.3, -0.25) is 0 Å². The van der Waals surface area contributed by atoms with E-state index in [4.69, 9.17) is 4.74 Å². The van der Waals surface area contributed by atoms with Gasteiger partial charge < -0.3 is 15.0 Å². The molecule has 0 aliphatic carbocycles. The van der Waals surface area contributed by atoms with Crippen LogP contribution in [0.1, 0.15) is 84.3 Å². The van der Waals surface area contributed by atoms with Crippen molar-refractivity contribution in [3.8, 4) is 0 Å². The van der Waals surface area contributed by atoms with Crippen LogP contribution in [0.3, 0.4) is 0 Å². The number of hydrogen-bond acceptors (Lipinski definition) is 5. The van der Waals surface area contributed by atoms with Crippen LogP contribution in [-0.4, -0.2) is 43.6 Å². The molecule has 1 aromatic rings. The Hall–Kier alpha value is -2.62. The van der Waals surface area contributed by atoms with E-state index >= 15 is 0 Å². The number of nitrogens with one attached hydrogen (secondary N) is 2. The number of nitrogens with zero attached hydrogens (tertiary/aromatic N) is 1. The van der Waals surface area contributed by atoms with Crippen molar-refractivity contribution in [1.29, 1.82) is 0 Å². The number of anilines is 1. The normalized spacial score (nSPS) is 17.0. The maximum Gasteiger partial charge on any atom is 0.410 e. The van der Waals surface area contributed by atoms with Crippen LogP contribution in [0.4, 0.5) is 19.7 Å². The first kappa shape index (κ1) is 27.6. The van der Waals surface area contributed by atoms with Gasteiger partial charge >= 0.3 is 12.1 Å². The summed E-state index contributed by atoms with van der Waals surface area (Å²) in [5.74, 6) is -0.609. The van der Waals surface area contributed by atoms with Gasteiger partial charge in [0.2, 0.25) is 0 Å². The van der Waals surface area contributed by atoms with E-state index in [1.165, 1.54) is 23.1 Å². The van der Waals surface area contributed by atoms with Gasteiger partial charge in [0.25, 0.3) is 10.0 Å². The summed E-state index contributed by atoms with van der Waals surface area (Å²) < 4.78 is 46.5. The standard InChI is InChI=1S/C24H36FN3O5S/c1-15(2)19-13-17(25)14-20(16(3)4)21(19)26-22(29)27-34(31,32)12-10-18-9-8-11-28(18)23(30)33-24(5,6)7/h10,12-16,18H,8-9,11H2,1-7H3,(H2,26,27,29)/b12-10+/t18-/m0/s1. The molecule has 1 saturated heterocycles. The molecule has 3 amide bonds. The molecule has 190 valence electrons. The number of hydrogen-bond donors (Lipinski definition) is 2. The lowest BCUT2D eigenvalue weighted by Crippen LogP contribution is -2.39. The van der Waals surface area contributed by atoms with Crippen molar-refractivity contribution in [2.75, 3.05) is 11.9 Å². The summed E-state index contributed by atoms with van der Waals surface area (Å²) in [6, 6.07) is 1.28. The fourth-order valence-electron chi connectivity index (χ4n) is 3.74. The third-order valence-corrected chi connectivity index (χ3v) is 6.27. The van der Waals surface area contributed by atoms with E-state index in [9.17, 15) is 22.4 Å². The van der Waals surface area contributed by atoms with Crippen LogP contribution in [0, 0.1) is 5.82 Å². The Morgan fingerprint density at radius 1 is 1.15 bits per heavy atom. The molecule has 0 radical (unpaired) electrons. The SMILES string of the molecule is CC(C)c1cc(F)cc(C(C)C)c1NC(=O)NS(=O)(=O)/C=C/[C@@H]1CCCN1C(=O)OC(C)(C)C. The zero-order chi connectivity index (χ0) is 25.8. The number of ether oxygens (including phenoxy) is 1. The smallest absolute Gasteiger partial charge is 0.410 e. The summed E-state index contributed by atoms with van der Waals surface area (Å²) >= 11 is 0. The van der Waals surface area contributed by atoms with Crippen molar-refractivity contribution < 1.29 is 27.1 Å². The quantitative estimate of drug-likeness (QED) is 0.545. The summed E-state index contributed by atoms with van der Waals surface area (Å²) in [7, 11) is -4.14. The van der Waals surface area contributed by atoms with Crippen LogP contribution in [0.5, 0.6) is 0 Å². The number of rotatable bonds is 6. The molecule has 1 aromatic carbocycles. The van der Waals surface area contributed by atoms with Gasteiger partial charge in [0.15, 0.2) is 0 Å². The molecule has 0 bridgehead atoms. The zero-order valence-corrected chi connectivity index (χ0v) is 21.8. The minimum atomic E-state index is -4.14. The molecule has 2 rings (SSSR count). The van der Waals surface area contributed by atoms with Gasteiger partial charge in [-0.25, -0.2) is 27.1 Å². The molecular formula is C24H36FN3O5S. The molecule has 0 saturated carbocycles. The average Bonchev–Trinajstić information content (AvgIpc) is 3.14. The largest absolute Gasteiger partial charge is 0.444 e. The molecule has 0 aromatic heterocycles. The number of urea groups is 1. The number of halogens is 1. The Bertz CT molecular complexity index is 1020. The van der Waals surface area contributed by atoms with E-state index in [0.29, 0.717) is 36.2 Å². The molecule has 8 nitrogen and oxygen atoms in total. The van der Waals surface area contributed by atoms with Crippen LogP contribution in [-0.2, 0) is 14.8 Å². The van der Waals surface area contributed by atoms with Crippen molar-refractivity contribution in [3.05, 3.63) is 40.6 Å². The van der Waals surface area contributed by atoms with Gasteiger partial charge in [-0.15, -0.1) is 0 Å². The summed E-state index contributed by atoms with van der Waals surface area (Å²) in [5, 5.41) is 3.48. The lowest BCUT2D eigenvalue weighted by molar-refractivity contribution is 0.0256. The van der Waals surface area contributed by atoms with Crippen LogP contribution < -0.4 is 10.0 Å². The van der Waals surface area contributed by atoms with Gasteiger partial charge in [0.05, 0.1) is 6.04 Å². The van der Waals surface area contributed by atoms with Crippen molar-refractivity contribution in [2.24, 2.45) is 0 Å². The molecule has 2 N–H and O–H groups in total. The van der Waals surface area contributed by atoms with Crippen LogP contribution in [0.15, 0.2) is 23.6 Å². The minimum Gasteiger partial charge on any atom is -0.444 e. The first-order valence-electron chi connectivity index (χ1n) is 11.4. The van der Waals surface area contributed by atoms with E-state index in [-0.39, 0.29) is 11.8 Å². The van der Waals surface area contributed by atoms with Gasteiger partial charge in [-0.05, 0) is 74.8 Å². The van der Waals surface area contributed by atoms with Crippen LogP contribution in [0.25, 0.3) is 0 Å². The van der Waals surface area contributed by atoms with E-state index in [1.807, 2.05) is 32.4 Å². The fourth-order valence-corrected chi connectivity index (χ4v) is 4.51. The predicted molar refractivity (Wildman–Crippen MR) is 131 cm³/mol. The van der Waals surface area contributed by atoms with Crippen molar-refractivity contribution >= 4 is 27.8 Å². The highest BCUT2D eigenvalue weighted by molar-refractivity contribution is 7.92. The van der Waals surface area contributed by atoms with Gasteiger partial charge in [0.1, 0.15) is 11.4 Å². The molecule has 0 spiro atoms. The van der Waals surface area contributed by atoms with E-state index < -0.39 is 39.6 Å². The maximum atomic E-state index is 14.1. The predicted octanol–water partition coefficient (Wildman–Crippen LogP) is 5.44. The van der Waals surface area contributed by atoms with E-state index in [1.54, 1.807) is 20.8 Å². The molecular weight excluding hydrogens is 461 g/mol. The van der Waals surface area contributed by atoms with Crippen molar-refractivity contribution in [3.63, 3.8) is 0 Å². The number of carbonyl (C=O) groups excluding carboxylic acids is 2. The summed E-state index contributed by atoms with van der Waals surface area (Å²) in [6.07, 6.45) is 2.16. The monoisotopic (exact) mass is 497 g/mol. The maximum absolute atomic E-state index is 14.1. The van der Waals surface area contributed by atoms with E-state index in [2.05, 4.69) is 5.32 Å². The molecule has 1 atom stereocenters. The lowest BCUT2D eigenvalue weighted by Gasteiger charge is -2.27. The van der Waals surface area contributed by atoms with Crippen LogP contribution in [0.2, 0.25) is 0 Å². The van der Waals surface area contributed by atoms with Gasteiger partial charge in [-0.1, -0.05) is 27.7 Å². The van der Waals surface area contributed by atoms with E-state index in [0.717, 1.165) is 5.41 Å². The third kappa shape index (κ3) is 7.72. The number of carbonyl (C=O) groups is 2. The second-order valence-electron chi connectivity index (χ2n) is 10.1. The zero-order valence-electron chi connectivity index (χ0n) is 20.9. The fraction of sp³-hybridized carbons (Fsp3) is 0.583. The van der Waals surface area contributed by atoms with Gasteiger partial charge in [0, 0.05) is 17.6 Å². The molecule has 1 aliphatic heterocycles. The first-order chi connectivity index (χ1) is 15.6.